The third-order valence-electron chi connectivity index (χ3n) is 2.21. The number of aryl methyl sites for hydroxylation is 1. The SMILES string of the molecule is Cn1cc(CNc2ccccc2OC(F)F)nn1. The summed E-state index contributed by atoms with van der Waals surface area (Å²) in [5.41, 5.74) is 1.20. The molecule has 0 fully saturated rings. The van der Waals surface area contributed by atoms with Gasteiger partial charge in [-0.15, -0.1) is 5.10 Å². The lowest BCUT2D eigenvalue weighted by molar-refractivity contribution is -0.0493. The number of ether oxygens (including phenoxy) is 1. The van der Waals surface area contributed by atoms with Gasteiger partial charge in [-0.25, -0.2) is 0 Å². The Morgan fingerprint density at radius 1 is 1.39 bits per heavy atom. The molecule has 5 nitrogen and oxygen atoms in total. The highest BCUT2D eigenvalue weighted by Crippen LogP contribution is 2.25. The molecule has 1 heterocycles. The van der Waals surface area contributed by atoms with Crippen molar-refractivity contribution < 1.29 is 13.5 Å². The van der Waals surface area contributed by atoms with E-state index in [9.17, 15) is 8.78 Å². The van der Waals surface area contributed by atoms with Crippen LogP contribution in [-0.2, 0) is 13.6 Å². The molecule has 0 aliphatic carbocycles. The van der Waals surface area contributed by atoms with Gasteiger partial charge >= 0.3 is 6.61 Å². The largest absolute Gasteiger partial charge is 0.433 e. The zero-order valence-corrected chi connectivity index (χ0v) is 9.68. The Labute approximate surface area is 102 Å². The Balaban J connectivity index is 2.04. The standard InChI is InChI=1S/C11H12F2N4O/c1-17-7-8(15-16-17)6-14-9-4-2-3-5-10(9)18-11(12)13/h2-5,7,11,14H,6H2,1H3. The van der Waals surface area contributed by atoms with Crippen LogP contribution in [0.4, 0.5) is 14.5 Å². The van der Waals surface area contributed by atoms with E-state index in [1.807, 2.05) is 0 Å². The summed E-state index contributed by atoms with van der Waals surface area (Å²) in [6.07, 6.45) is 1.74. The molecule has 0 aliphatic heterocycles. The number of hydrogen-bond donors (Lipinski definition) is 1. The molecule has 0 saturated carbocycles. The summed E-state index contributed by atoms with van der Waals surface area (Å²) < 4.78 is 30.4. The number of nitrogens with zero attached hydrogens (tertiary/aromatic N) is 3. The van der Waals surface area contributed by atoms with Gasteiger partial charge in [0, 0.05) is 13.2 Å². The Morgan fingerprint density at radius 2 is 2.17 bits per heavy atom. The molecule has 1 N–H and O–H groups in total. The Morgan fingerprint density at radius 3 is 2.83 bits per heavy atom. The van der Waals surface area contributed by atoms with Crippen molar-refractivity contribution in [1.29, 1.82) is 0 Å². The summed E-state index contributed by atoms with van der Waals surface area (Å²) >= 11 is 0. The molecule has 0 radical (unpaired) electrons. The fourth-order valence-electron chi connectivity index (χ4n) is 1.47. The fourth-order valence-corrected chi connectivity index (χ4v) is 1.47. The van der Waals surface area contributed by atoms with Crippen LogP contribution in [0.2, 0.25) is 0 Å². The van der Waals surface area contributed by atoms with Gasteiger partial charge in [-0.05, 0) is 12.1 Å². The van der Waals surface area contributed by atoms with Crippen LogP contribution in [0.1, 0.15) is 5.69 Å². The Hall–Kier alpha value is -2.18. The minimum absolute atomic E-state index is 0.108. The molecule has 0 aliphatic rings. The van der Waals surface area contributed by atoms with Crippen molar-refractivity contribution in [3.05, 3.63) is 36.2 Å². The van der Waals surface area contributed by atoms with Crippen molar-refractivity contribution in [2.45, 2.75) is 13.2 Å². The summed E-state index contributed by atoms with van der Waals surface area (Å²) in [5, 5.41) is 10.6. The van der Waals surface area contributed by atoms with E-state index >= 15 is 0 Å². The number of alkyl halides is 2. The normalized spacial score (nSPS) is 10.7. The van der Waals surface area contributed by atoms with E-state index < -0.39 is 6.61 Å². The summed E-state index contributed by atoms with van der Waals surface area (Å²) in [6, 6.07) is 6.50. The number of nitrogens with one attached hydrogen (secondary N) is 1. The maximum atomic E-state index is 12.2. The second-order valence-electron chi connectivity index (χ2n) is 3.61. The van der Waals surface area contributed by atoms with Gasteiger partial charge in [0.2, 0.25) is 0 Å². The molecular formula is C11H12F2N4O. The maximum absolute atomic E-state index is 12.2. The maximum Gasteiger partial charge on any atom is 0.387 e. The highest BCUT2D eigenvalue weighted by molar-refractivity contribution is 5.56. The van der Waals surface area contributed by atoms with Gasteiger partial charge in [0.25, 0.3) is 0 Å². The van der Waals surface area contributed by atoms with Gasteiger partial charge in [-0.2, -0.15) is 8.78 Å². The second-order valence-corrected chi connectivity index (χ2v) is 3.61. The zero-order chi connectivity index (χ0) is 13.0. The zero-order valence-electron chi connectivity index (χ0n) is 9.68. The molecule has 7 heteroatoms. The fraction of sp³-hybridized carbons (Fsp3) is 0.273. The molecule has 96 valence electrons. The molecule has 0 amide bonds. The molecule has 0 unspecified atom stereocenters. The molecule has 0 bridgehead atoms. The lowest BCUT2D eigenvalue weighted by Crippen LogP contribution is -2.06. The molecule has 0 spiro atoms. The number of hydrogen-bond acceptors (Lipinski definition) is 4. The van der Waals surface area contributed by atoms with Gasteiger partial charge < -0.3 is 10.1 Å². The highest BCUT2D eigenvalue weighted by atomic mass is 19.3. The van der Waals surface area contributed by atoms with Gasteiger partial charge in [0.05, 0.1) is 12.2 Å². The van der Waals surface area contributed by atoms with Crippen molar-refractivity contribution in [3.63, 3.8) is 0 Å². The van der Waals surface area contributed by atoms with Gasteiger partial charge in [0.1, 0.15) is 11.4 Å². The van der Waals surface area contributed by atoms with Crippen LogP contribution >= 0.6 is 0 Å². The lowest BCUT2D eigenvalue weighted by Gasteiger charge is -2.11. The predicted molar refractivity (Wildman–Crippen MR) is 61.4 cm³/mol. The number of rotatable bonds is 5. The summed E-state index contributed by atoms with van der Waals surface area (Å²) in [7, 11) is 1.75. The van der Waals surface area contributed by atoms with Crippen LogP contribution < -0.4 is 10.1 Å². The minimum atomic E-state index is -2.84. The Bertz CT molecular complexity index is 515. The smallest absolute Gasteiger partial charge is 0.387 e. The molecule has 0 atom stereocenters. The average molecular weight is 254 g/mol. The summed E-state index contributed by atoms with van der Waals surface area (Å²) in [5.74, 6) is 0.108. The molecule has 18 heavy (non-hydrogen) atoms. The van der Waals surface area contributed by atoms with Crippen molar-refractivity contribution in [1.82, 2.24) is 15.0 Å². The van der Waals surface area contributed by atoms with Crippen LogP contribution in [0.25, 0.3) is 0 Å². The molecule has 1 aromatic carbocycles. The second kappa shape index (κ2) is 5.44. The monoisotopic (exact) mass is 254 g/mol. The van der Waals surface area contributed by atoms with Crippen molar-refractivity contribution in [2.75, 3.05) is 5.32 Å². The van der Waals surface area contributed by atoms with E-state index in [-0.39, 0.29) is 5.75 Å². The number of benzene rings is 1. The summed E-state index contributed by atoms with van der Waals surface area (Å²) in [6.45, 7) is -2.46. The van der Waals surface area contributed by atoms with Gasteiger partial charge in [-0.3, -0.25) is 4.68 Å². The number of anilines is 1. The molecule has 2 aromatic rings. The van der Waals surface area contributed by atoms with Crippen molar-refractivity contribution >= 4 is 5.69 Å². The third kappa shape index (κ3) is 3.16. The third-order valence-corrected chi connectivity index (χ3v) is 2.21. The molecule has 0 saturated heterocycles. The van der Waals surface area contributed by atoms with Gasteiger partial charge in [0.15, 0.2) is 0 Å². The molecular weight excluding hydrogens is 242 g/mol. The average Bonchev–Trinajstić information content (AvgIpc) is 2.73. The lowest BCUT2D eigenvalue weighted by atomic mass is 10.3. The summed E-state index contributed by atoms with van der Waals surface area (Å²) in [4.78, 5) is 0. The number of para-hydroxylation sites is 2. The minimum Gasteiger partial charge on any atom is -0.433 e. The van der Waals surface area contributed by atoms with E-state index in [2.05, 4.69) is 20.4 Å². The first kappa shape index (κ1) is 12.3. The van der Waals surface area contributed by atoms with E-state index in [4.69, 9.17) is 0 Å². The van der Waals surface area contributed by atoms with E-state index in [0.717, 1.165) is 0 Å². The highest BCUT2D eigenvalue weighted by Gasteiger charge is 2.09. The quantitative estimate of drug-likeness (QED) is 0.887. The number of aromatic nitrogens is 3. The molecule has 1 aromatic heterocycles. The van der Waals surface area contributed by atoms with Crippen LogP contribution in [0.15, 0.2) is 30.5 Å². The van der Waals surface area contributed by atoms with Crippen molar-refractivity contribution in [2.24, 2.45) is 7.05 Å². The van der Waals surface area contributed by atoms with E-state index in [1.165, 1.54) is 6.07 Å². The number of halogens is 2. The first-order valence-electron chi connectivity index (χ1n) is 5.28. The van der Waals surface area contributed by atoms with E-state index in [1.54, 1.807) is 36.1 Å². The van der Waals surface area contributed by atoms with Gasteiger partial charge in [-0.1, -0.05) is 17.3 Å². The van der Waals surface area contributed by atoms with Crippen molar-refractivity contribution in [3.8, 4) is 5.75 Å². The van der Waals surface area contributed by atoms with Crippen LogP contribution in [0.5, 0.6) is 5.75 Å². The predicted octanol–water partition coefficient (Wildman–Crippen LogP) is 2.03. The topological polar surface area (TPSA) is 52.0 Å². The Kier molecular flexibility index (Phi) is 3.71. The van der Waals surface area contributed by atoms with Crippen LogP contribution in [0, 0.1) is 0 Å². The first-order valence-corrected chi connectivity index (χ1v) is 5.28. The first-order chi connectivity index (χ1) is 8.65. The van der Waals surface area contributed by atoms with E-state index in [0.29, 0.717) is 17.9 Å². The molecule has 2 rings (SSSR count). The van der Waals surface area contributed by atoms with Crippen LogP contribution in [0.3, 0.4) is 0 Å². The van der Waals surface area contributed by atoms with Crippen LogP contribution in [-0.4, -0.2) is 21.6 Å².